The molecule has 5 rings (SSSR count). The number of nitrogens with zero attached hydrogens (tertiary/aromatic N) is 2. The number of hydrogen-bond acceptors (Lipinski definition) is 2. The molecule has 0 radical (unpaired) electrons. The lowest BCUT2D eigenvalue weighted by Gasteiger charge is -2.41. The highest BCUT2D eigenvalue weighted by Crippen LogP contribution is 2.52. The van der Waals surface area contributed by atoms with E-state index in [1.54, 1.807) is 0 Å². The zero-order chi connectivity index (χ0) is 19.1. The summed E-state index contributed by atoms with van der Waals surface area (Å²) in [6.07, 6.45) is 11.2. The van der Waals surface area contributed by atoms with Gasteiger partial charge in [0.05, 0.1) is 5.92 Å². The summed E-state index contributed by atoms with van der Waals surface area (Å²) in [6.45, 7) is 3.49. The fourth-order valence-corrected chi connectivity index (χ4v) is 5.98. The molecule has 1 atom stereocenters. The van der Waals surface area contributed by atoms with Gasteiger partial charge in [-0.15, -0.1) is 0 Å². The standard InChI is InChI=1S/C24H30N2O2/c27-22(18-7-1-2-8-18)26-15-11-24(12-16-26)17-20(19-9-3-4-10-21(19)24)23(28)25-13-5-6-14-25/h1-4,9-10,18,20H,5-8,11-17H2/t20-/m1/s1. The van der Waals surface area contributed by atoms with Crippen molar-refractivity contribution in [1.82, 2.24) is 9.80 Å². The predicted octanol–water partition coefficient (Wildman–Crippen LogP) is 3.62. The van der Waals surface area contributed by atoms with Crippen LogP contribution >= 0.6 is 0 Å². The van der Waals surface area contributed by atoms with Crippen molar-refractivity contribution in [3.63, 3.8) is 0 Å². The fraction of sp³-hybridized carbons (Fsp3) is 0.583. The summed E-state index contributed by atoms with van der Waals surface area (Å²) < 4.78 is 0. The average Bonchev–Trinajstić information content (AvgIpc) is 3.49. The number of rotatable bonds is 2. The van der Waals surface area contributed by atoms with E-state index in [1.807, 2.05) is 0 Å². The third-order valence-electron chi connectivity index (χ3n) is 7.61. The summed E-state index contributed by atoms with van der Waals surface area (Å²) in [5, 5.41) is 0. The van der Waals surface area contributed by atoms with Crippen LogP contribution < -0.4 is 0 Å². The Bertz CT molecular complexity index is 793. The van der Waals surface area contributed by atoms with Gasteiger partial charge in [0.2, 0.25) is 11.8 Å². The van der Waals surface area contributed by atoms with Gasteiger partial charge in [-0.05, 0) is 56.1 Å². The van der Waals surface area contributed by atoms with Gasteiger partial charge in [0.1, 0.15) is 0 Å². The molecule has 1 aromatic rings. The molecule has 2 aliphatic carbocycles. The van der Waals surface area contributed by atoms with Gasteiger partial charge in [-0.1, -0.05) is 36.4 Å². The zero-order valence-electron chi connectivity index (χ0n) is 16.6. The van der Waals surface area contributed by atoms with E-state index in [1.165, 1.54) is 11.1 Å². The van der Waals surface area contributed by atoms with Crippen LogP contribution in [0.1, 0.15) is 62.0 Å². The van der Waals surface area contributed by atoms with Crippen LogP contribution in [0.5, 0.6) is 0 Å². The van der Waals surface area contributed by atoms with Crippen molar-refractivity contribution in [1.29, 1.82) is 0 Å². The molecule has 2 fully saturated rings. The minimum Gasteiger partial charge on any atom is -0.342 e. The van der Waals surface area contributed by atoms with Gasteiger partial charge in [-0.25, -0.2) is 0 Å². The molecule has 2 amide bonds. The third kappa shape index (κ3) is 2.89. The summed E-state index contributed by atoms with van der Waals surface area (Å²) in [5.74, 6) is 0.832. The number of carbonyl (C=O) groups is 2. The van der Waals surface area contributed by atoms with Crippen molar-refractivity contribution in [2.45, 2.75) is 56.3 Å². The topological polar surface area (TPSA) is 40.6 Å². The van der Waals surface area contributed by atoms with Gasteiger partial charge >= 0.3 is 0 Å². The molecule has 2 aliphatic heterocycles. The van der Waals surface area contributed by atoms with Crippen LogP contribution in [0.2, 0.25) is 0 Å². The minimum atomic E-state index is 0.00980. The quantitative estimate of drug-likeness (QED) is 0.738. The van der Waals surface area contributed by atoms with E-state index in [0.29, 0.717) is 11.8 Å². The lowest BCUT2D eigenvalue weighted by atomic mass is 9.73. The molecule has 0 aromatic heterocycles. The number of allylic oxidation sites excluding steroid dienone is 2. The SMILES string of the molecule is O=C(C1CC=CC1)N1CCC2(CC1)C[C@@H](C(=O)N1CCCC1)c1ccccc12. The normalized spacial score (nSPS) is 26.2. The Hall–Kier alpha value is -2.10. The Morgan fingerprint density at radius 3 is 2.21 bits per heavy atom. The second-order valence-electron chi connectivity index (χ2n) is 9.12. The van der Waals surface area contributed by atoms with Gasteiger partial charge < -0.3 is 9.80 Å². The van der Waals surface area contributed by atoms with Crippen molar-refractivity contribution >= 4 is 11.8 Å². The molecule has 28 heavy (non-hydrogen) atoms. The van der Waals surface area contributed by atoms with E-state index in [-0.39, 0.29) is 17.3 Å². The summed E-state index contributed by atoms with van der Waals surface area (Å²) in [7, 11) is 0. The largest absolute Gasteiger partial charge is 0.342 e. The maximum Gasteiger partial charge on any atom is 0.230 e. The molecule has 1 aromatic carbocycles. The minimum absolute atomic E-state index is 0.00980. The van der Waals surface area contributed by atoms with Crippen LogP contribution in [0, 0.1) is 5.92 Å². The first-order valence-electron chi connectivity index (χ1n) is 11.0. The number of fused-ring (bicyclic) bond motifs is 2. The zero-order valence-corrected chi connectivity index (χ0v) is 16.6. The lowest BCUT2D eigenvalue weighted by molar-refractivity contribution is -0.137. The summed E-state index contributed by atoms with van der Waals surface area (Å²) >= 11 is 0. The first kappa shape index (κ1) is 18.0. The Morgan fingerprint density at radius 2 is 1.50 bits per heavy atom. The van der Waals surface area contributed by atoms with Gasteiger partial charge in [-0.2, -0.15) is 0 Å². The smallest absolute Gasteiger partial charge is 0.230 e. The van der Waals surface area contributed by atoms with E-state index in [0.717, 1.165) is 71.1 Å². The van der Waals surface area contributed by atoms with Crippen LogP contribution in [-0.4, -0.2) is 47.8 Å². The molecule has 4 aliphatic rings. The van der Waals surface area contributed by atoms with Gasteiger partial charge in [0.15, 0.2) is 0 Å². The monoisotopic (exact) mass is 378 g/mol. The second kappa shape index (κ2) is 7.06. The van der Waals surface area contributed by atoms with Gasteiger partial charge in [0, 0.05) is 37.5 Å². The molecule has 4 heteroatoms. The van der Waals surface area contributed by atoms with Crippen molar-refractivity contribution in [3.05, 3.63) is 47.5 Å². The van der Waals surface area contributed by atoms with Crippen molar-refractivity contribution in [2.75, 3.05) is 26.2 Å². The third-order valence-corrected chi connectivity index (χ3v) is 7.61. The summed E-state index contributed by atoms with van der Waals surface area (Å²) in [4.78, 5) is 30.2. The van der Waals surface area contributed by atoms with Gasteiger partial charge in [-0.3, -0.25) is 9.59 Å². The number of hydrogen-bond donors (Lipinski definition) is 0. The summed E-state index contributed by atoms with van der Waals surface area (Å²) in [6, 6.07) is 8.61. The second-order valence-corrected chi connectivity index (χ2v) is 9.12. The van der Waals surface area contributed by atoms with Crippen LogP contribution in [0.15, 0.2) is 36.4 Å². The summed E-state index contributed by atoms with van der Waals surface area (Å²) in [5.41, 5.74) is 2.70. The fourth-order valence-electron chi connectivity index (χ4n) is 5.98. The Balaban J connectivity index is 1.34. The number of amides is 2. The average molecular weight is 379 g/mol. The van der Waals surface area contributed by atoms with Crippen molar-refractivity contribution in [3.8, 4) is 0 Å². The molecule has 2 saturated heterocycles. The molecule has 1 spiro atoms. The first-order valence-corrected chi connectivity index (χ1v) is 11.0. The Kier molecular flexibility index (Phi) is 4.53. The van der Waals surface area contributed by atoms with E-state index in [4.69, 9.17) is 0 Å². The van der Waals surface area contributed by atoms with E-state index in [2.05, 4.69) is 46.2 Å². The molecule has 0 unspecified atom stereocenters. The number of carbonyl (C=O) groups excluding carboxylic acids is 2. The molecule has 0 bridgehead atoms. The lowest BCUT2D eigenvalue weighted by Crippen LogP contribution is -2.46. The van der Waals surface area contributed by atoms with Crippen LogP contribution in [0.25, 0.3) is 0 Å². The molecule has 4 nitrogen and oxygen atoms in total. The van der Waals surface area contributed by atoms with Crippen LogP contribution in [-0.2, 0) is 15.0 Å². The Labute approximate surface area is 167 Å². The molecular weight excluding hydrogens is 348 g/mol. The van der Waals surface area contributed by atoms with Crippen molar-refractivity contribution in [2.24, 2.45) is 5.92 Å². The Morgan fingerprint density at radius 1 is 0.857 bits per heavy atom. The van der Waals surface area contributed by atoms with Crippen molar-refractivity contribution < 1.29 is 9.59 Å². The molecule has 0 N–H and O–H groups in total. The highest BCUT2D eigenvalue weighted by atomic mass is 16.2. The first-order chi connectivity index (χ1) is 13.7. The van der Waals surface area contributed by atoms with E-state index >= 15 is 0 Å². The number of likely N-dealkylation sites (tertiary alicyclic amines) is 2. The van der Waals surface area contributed by atoms with Crippen LogP contribution in [0.3, 0.4) is 0 Å². The highest BCUT2D eigenvalue weighted by molar-refractivity contribution is 5.86. The van der Waals surface area contributed by atoms with E-state index < -0.39 is 0 Å². The molecular formula is C24H30N2O2. The molecule has 148 valence electrons. The maximum absolute atomic E-state index is 13.2. The number of piperidine rings is 1. The molecule has 2 heterocycles. The highest BCUT2D eigenvalue weighted by Gasteiger charge is 2.49. The predicted molar refractivity (Wildman–Crippen MR) is 109 cm³/mol. The van der Waals surface area contributed by atoms with E-state index in [9.17, 15) is 9.59 Å². The van der Waals surface area contributed by atoms with Gasteiger partial charge in [0.25, 0.3) is 0 Å². The van der Waals surface area contributed by atoms with Crippen LogP contribution in [0.4, 0.5) is 0 Å². The maximum atomic E-state index is 13.2. The number of benzene rings is 1. The molecule has 0 saturated carbocycles.